The fraction of sp³-hybridized carbons (Fsp3) is 0.467. The van der Waals surface area contributed by atoms with Crippen molar-refractivity contribution < 1.29 is 9.18 Å². The van der Waals surface area contributed by atoms with Crippen molar-refractivity contribution in [3.05, 3.63) is 23.5 Å². The number of carbonyl (C=O) groups excluding carboxylic acids is 1. The van der Waals surface area contributed by atoms with E-state index < -0.39 is 6.04 Å². The molecule has 0 spiro atoms. The van der Waals surface area contributed by atoms with E-state index in [2.05, 4.69) is 4.98 Å². The lowest BCUT2D eigenvalue weighted by molar-refractivity contribution is -0.133. The Labute approximate surface area is 123 Å². The molecule has 1 heterocycles. The predicted molar refractivity (Wildman–Crippen MR) is 81.5 cm³/mol. The molecule has 0 saturated carbocycles. The van der Waals surface area contributed by atoms with E-state index in [0.29, 0.717) is 29.7 Å². The molecule has 0 radical (unpaired) electrons. The van der Waals surface area contributed by atoms with Crippen LogP contribution in [0.3, 0.4) is 0 Å². The highest BCUT2D eigenvalue weighted by Crippen LogP contribution is 2.26. The van der Waals surface area contributed by atoms with E-state index in [4.69, 9.17) is 5.73 Å². The number of hydrogen-bond acceptors (Lipinski definition) is 3. The summed E-state index contributed by atoms with van der Waals surface area (Å²) in [4.78, 5) is 18.4. The van der Waals surface area contributed by atoms with Crippen molar-refractivity contribution in [3.8, 4) is 0 Å². The highest BCUT2D eigenvalue weighted by atomic mass is 19.1. The smallest absolute Gasteiger partial charge is 0.245 e. The first kappa shape index (κ1) is 15.3. The first-order chi connectivity index (χ1) is 9.90. The molecule has 114 valence electrons. The average molecular weight is 292 g/mol. The second kappa shape index (κ2) is 5.71. The third kappa shape index (κ3) is 2.57. The number of fused-ring (bicyclic) bond motifs is 1. The van der Waals surface area contributed by atoms with Gasteiger partial charge in [0.1, 0.15) is 11.9 Å². The standard InChI is InChI=1S/C15H21FN4O/c1-5-19(6-2)14(21)10(4)20-13-7-9(3)11(16)8-12(13)18-15(20)17/h7-8,10H,5-6H2,1-4H3,(H2,17,18). The number of hydrogen-bond donors (Lipinski definition) is 1. The van der Waals surface area contributed by atoms with Gasteiger partial charge in [-0.3, -0.25) is 9.36 Å². The minimum atomic E-state index is -0.472. The van der Waals surface area contributed by atoms with Crippen LogP contribution in [0, 0.1) is 12.7 Å². The highest BCUT2D eigenvalue weighted by molar-refractivity contribution is 5.86. The van der Waals surface area contributed by atoms with Gasteiger partial charge in [0.2, 0.25) is 11.9 Å². The summed E-state index contributed by atoms with van der Waals surface area (Å²) in [7, 11) is 0. The number of aromatic nitrogens is 2. The maximum absolute atomic E-state index is 13.6. The second-order valence-corrected chi connectivity index (χ2v) is 5.12. The topological polar surface area (TPSA) is 64.2 Å². The van der Waals surface area contributed by atoms with Crippen LogP contribution in [0.15, 0.2) is 12.1 Å². The summed E-state index contributed by atoms with van der Waals surface area (Å²) in [6.45, 7) is 8.61. The zero-order chi connectivity index (χ0) is 15.7. The Morgan fingerprint density at radius 3 is 2.62 bits per heavy atom. The summed E-state index contributed by atoms with van der Waals surface area (Å²) >= 11 is 0. The molecule has 2 aromatic rings. The Morgan fingerprint density at radius 2 is 2.05 bits per heavy atom. The molecule has 0 aliphatic rings. The number of amides is 1. The van der Waals surface area contributed by atoms with Gasteiger partial charge in [-0.15, -0.1) is 0 Å². The molecule has 0 bridgehead atoms. The van der Waals surface area contributed by atoms with Crippen molar-refractivity contribution in [1.82, 2.24) is 14.5 Å². The first-order valence-electron chi connectivity index (χ1n) is 7.13. The molecular weight excluding hydrogens is 271 g/mol. The van der Waals surface area contributed by atoms with Crippen molar-refractivity contribution in [2.45, 2.75) is 33.7 Å². The molecule has 1 unspecified atom stereocenters. The molecule has 6 heteroatoms. The van der Waals surface area contributed by atoms with Crippen LogP contribution in [0.25, 0.3) is 11.0 Å². The zero-order valence-corrected chi connectivity index (χ0v) is 12.9. The largest absolute Gasteiger partial charge is 0.369 e. The summed E-state index contributed by atoms with van der Waals surface area (Å²) in [5.41, 5.74) is 7.59. The maximum Gasteiger partial charge on any atom is 0.245 e. The quantitative estimate of drug-likeness (QED) is 0.941. The van der Waals surface area contributed by atoms with Crippen LogP contribution in [-0.2, 0) is 4.79 Å². The minimum Gasteiger partial charge on any atom is -0.369 e. The highest BCUT2D eigenvalue weighted by Gasteiger charge is 2.24. The molecule has 2 N–H and O–H groups in total. The zero-order valence-electron chi connectivity index (χ0n) is 12.9. The van der Waals surface area contributed by atoms with Crippen molar-refractivity contribution >= 4 is 22.9 Å². The first-order valence-corrected chi connectivity index (χ1v) is 7.13. The lowest BCUT2D eigenvalue weighted by Crippen LogP contribution is -2.36. The Bertz CT molecular complexity index is 676. The van der Waals surface area contributed by atoms with Gasteiger partial charge in [-0.25, -0.2) is 9.37 Å². The number of likely N-dealkylation sites (N-methyl/N-ethyl adjacent to an activating group) is 1. The number of rotatable bonds is 4. The third-order valence-electron chi connectivity index (χ3n) is 3.82. The molecule has 21 heavy (non-hydrogen) atoms. The SMILES string of the molecule is CCN(CC)C(=O)C(C)n1c(N)nc2cc(F)c(C)cc21. The van der Waals surface area contributed by atoms with Crippen LogP contribution in [0.2, 0.25) is 0 Å². The molecule has 0 saturated heterocycles. The number of nitrogen functional groups attached to an aromatic ring is 1. The summed E-state index contributed by atoms with van der Waals surface area (Å²) in [5.74, 6) is -0.120. The number of imidazole rings is 1. The number of carbonyl (C=O) groups is 1. The van der Waals surface area contributed by atoms with E-state index in [1.807, 2.05) is 13.8 Å². The summed E-state index contributed by atoms with van der Waals surface area (Å²) < 4.78 is 15.3. The fourth-order valence-electron chi connectivity index (χ4n) is 2.56. The van der Waals surface area contributed by atoms with Crippen LogP contribution < -0.4 is 5.73 Å². The molecule has 5 nitrogen and oxygen atoms in total. The van der Waals surface area contributed by atoms with Gasteiger partial charge in [0.15, 0.2) is 0 Å². The van der Waals surface area contributed by atoms with Crippen LogP contribution >= 0.6 is 0 Å². The number of anilines is 1. The van der Waals surface area contributed by atoms with Gasteiger partial charge < -0.3 is 10.6 Å². The second-order valence-electron chi connectivity index (χ2n) is 5.12. The number of aryl methyl sites for hydroxylation is 1. The Kier molecular flexibility index (Phi) is 4.16. The Morgan fingerprint density at radius 1 is 1.43 bits per heavy atom. The van der Waals surface area contributed by atoms with Crippen molar-refractivity contribution in [3.63, 3.8) is 0 Å². The number of benzene rings is 1. The van der Waals surface area contributed by atoms with Gasteiger partial charge in [0.05, 0.1) is 11.0 Å². The van der Waals surface area contributed by atoms with Gasteiger partial charge in [0.25, 0.3) is 0 Å². The van der Waals surface area contributed by atoms with E-state index in [9.17, 15) is 9.18 Å². The van der Waals surface area contributed by atoms with Crippen molar-refractivity contribution in [2.24, 2.45) is 0 Å². The van der Waals surface area contributed by atoms with Crippen molar-refractivity contribution in [2.75, 3.05) is 18.8 Å². The summed E-state index contributed by atoms with van der Waals surface area (Å²) in [5, 5.41) is 0. The Balaban J connectivity index is 2.53. The molecule has 0 aliphatic heterocycles. The van der Waals surface area contributed by atoms with E-state index in [1.54, 1.807) is 29.4 Å². The monoisotopic (exact) mass is 292 g/mol. The molecule has 1 aromatic carbocycles. The van der Waals surface area contributed by atoms with Crippen LogP contribution in [0.5, 0.6) is 0 Å². The van der Waals surface area contributed by atoms with Crippen molar-refractivity contribution in [1.29, 1.82) is 0 Å². The van der Waals surface area contributed by atoms with Gasteiger partial charge >= 0.3 is 0 Å². The van der Waals surface area contributed by atoms with Crippen LogP contribution in [-0.4, -0.2) is 33.4 Å². The van der Waals surface area contributed by atoms with Gasteiger partial charge in [-0.1, -0.05) is 0 Å². The van der Waals surface area contributed by atoms with Crippen LogP contribution in [0.1, 0.15) is 32.4 Å². The van der Waals surface area contributed by atoms with E-state index in [1.165, 1.54) is 6.07 Å². The number of halogens is 1. The molecule has 2 rings (SSSR count). The van der Waals surface area contributed by atoms with Crippen LogP contribution in [0.4, 0.5) is 10.3 Å². The normalized spacial score (nSPS) is 12.6. The van der Waals surface area contributed by atoms with E-state index in [0.717, 1.165) is 0 Å². The molecule has 1 amide bonds. The summed E-state index contributed by atoms with van der Waals surface area (Å²) in [6, 6.07) is 2.56. The predicted octanol–water partition coefficient (Wildman–Crippen LogP) is 2.50. The van der Waals surface area contributed by atoms with E-state index in [-0.39, 0.29) is 17.7 Å². The average Bonchev–Trinajstić information content (AvgIpc) is 2.75. The Hall–Kier alpha value is -2.11. The maximum atomic E-state index is 13.6. The van der Waals surface area contributed by atoms with E-state index >= 15 is 0 Å². The minimum absolute atomic E-state index is 0.0204. The van der Waals surface area contributed by atoms with Gasteiger partial charge in [-0.05, 0) is 39.3 Å². The van der Waals surface area contributed by atoms with Gasteiger partial charge in [-0.2, -0.15) is 0 Å². The number of nitrogens with zero attached hydrogens (tertiary/aromatic N) is 3. The molecule has 0 fully saturated rings. The lowest BCUT2D eigenvalue weighted by Gasteiger charge is -2.24. The van der Waals surface area contributed by atoms with Gasteiger partial charge in [0, 0.05) is 19.2 Å². The third-order valence-corrected chi connectivity index (χ3v) is 3.82. The molecule has 1 atom stereocenters. The lowest BCUT2D eigenvalue weighted by atomic mass is 10.2. The molecule has 0 aliphatic carbocycles. The summed E-state index contributed by atoms with van der Waals surface area (Å²) in [6.07, 6.45) is 0. The fourth-order valence-corrected chi connectivity index (χ4v) is 2.56. The molecule has 1 aromatic heterocycles. The number of nitrogens with two attached hydrogens (primary N) is 1. The molecular formula is C15H21FN4O.